The molecule has 4 nitrogen and oxygen atoms in total. The summed E-state index contributed by atoms with van der Waals surface area (Å²) in [6.07, 6.45) is 1.68. The van der Waals surface area contributed by atoms with Crippen molar-refractivity contribution in [2.45, 2.75) is 25.8 Å². The lowest BCUT2D eigenvalue weighted by Gasteiger charge is -2.18. The van der Waals surface area contributed by atoms with Crippen LogP contribution in [0.2, 0.25) is 0 Å². The molecule has 0 aromatic rings. The maximum atomic E-state index is 10.9. The third-order valence-corrected chi connectivity index (χ3v) is 2.77. The fourth-order valence-corrected chi connectivity index (χ4v) is 1.65. The van der Waals surface area contributed by atoms with Crippen molar-refractivity contribution in [3.05, 3.63) is 0 Å². The molecule has 0 bridgehead atoms. The van der Waals surface area contributed by atoms with E-state index in [9.17, 15) is 4.79 Å². The van der Waals surface area contributed by atoms with E-state index in [1.807, 2.05) is 0 Å². The molecule has 2 N–H and O–H groups in total. The van der Waals surface area contributed by atoms with Crippen molar-refractivity contribution in [2.24, 2.45) is 5.92 Å². The highest BCUT2D eigenvalue weighted by atomic mass is 16.5. The maximum absolute atomic E-state index is 10.9. The van der Waals surface area contributed by atoms with E-state index in [0.29, 0.717) is 18.4 Å². The highest BCUT2D eigenvalue weighted by Gasteiger charge is 2.21. The van der Waals surface area contributed by atoms with Gasteiger partial charge in [0.2, 0.25) is 5.91 Å². The Labute approximate surface area is 85.4 Å². The smallest absolute Gasteiger partial charge is 0.221 e. The van der Waals surface area contributed by atoms with Gasteiger partial charge in [0.05, 0.1) is 6.61 Å². The van der Waals surface area contributed by atoms with Crippen LogP contribution in [0.15, 0.2) is 0 Å². The molecular weight excluding hydrogens is 180 g/mol. The Bertz CT molecular complexity index is 179. The van der Waals surface area contributed by atoms with Gasteiger partial charge in [-0.05, 0) is 19.3 Å². The second-order valence-corrected chi connectivity index (χ2v) is 3.79. The fraction of sp³-hybridized carbons (Fsp3) is 0.900. The molecule has 1 fully saturated rings. The molecule has 0 aliphatic carbocycles. The lowest BCUT2D eigenvalue weighted by molar-refractivity contribution is -0.120. The molecule has 82 valence electrons. The van der Waals surface area contributed by atoms with Gasteiger partial charge in [0.1, 0.15) is 0 Å². The number of hydrogen-bond donors (Lipinski definition) is 2. The minimum atomic E-state index is 0.0902. The van der Waals surface area contributed by atoms with Crippen LogP contribution in [0.4, 0.5) is 0 Å². The largest absolute Gasteiger partial charge is 0.381 e. The van der Waals surface area contributed by atoms with Crippen molar-refractivity contribution < 1.29 is 9.53 Å². The summed E-state index contributed by atoms with van der Waals surface area (Å²) < 4.78 is 5.31. The molecule has 0 radical (unpaired) electrons. The summed E-state index contributed by atoms with van der Waals surface area (Å²) in [5, 5.41) is 5.95. The molecule has 14 heavy (non-hydrogen) atoms. The van der Waals surface area contributed by atoms with E-state index < -0.39 is 0 Å². The molecule has 0 aromatic carbocycles. The standard InChI is InChI=1S/C10H20N2O2/c1-8(9-4-6-14-7-9)12-5-3-10(13)11-2/h8-9,12H,3-7H2,1-2H3,(H,11,13). The number of nitrogens with one attached hydrogen (secondary N) is 2. The number of hydrogen-bond acceptors (Lipinski definition) is 3. The molecule has 2 unspecified atom stereocenters. The van der Waals surface area contributed by atoms with Crippen LogP contribution in [0.1, 0.15) is 19.8 Å². The Morgan fingerprint density at radius 2 is 2.43 bits per heavy atom. The van der Waals surface area contributed by atoms with E-state index in [4.69, 9.17) is 4.74 Å². The third-order valence-electron chi connectivity index (χ3n) is 2.77. The van der Waals surface area contributed by atoms with E-state index in [2.05, 4.69) is 17.6 Å². The molecule has 1 amide bonds. The molecule has 0 aromatic heterocycles. The van der Waals surface area contributed by atoms with Gasteiger partial charge in [-0.3, -0.25) is 4.79 Å². The van der Waals surface area contributed by atoms with Gasteiger partial charge in [0.25, 0.3) is 0 Å². The van der Waals surface area contributed by atoms with Crippen LogP contribution in [0.3, 0.4) is 0 Å². The van der Waals surface area contributed by atoms with E-state index in [1.54, 1.807) is 7.05 Å². The lowest BCUT2D eigenvalue weighted by atomic mass is 10.0. The summed E-state index contributed by atoms with van der Waals surface area (Å²) in [5.74, 6) is 0.701. The minimum Gasteiger partial charge on any atom is -0.381 e. The number of rotatable bonds is 5. The van der Waals surface area contributed by atoms with Crippen molar-refractivity contribution in [2.75, 3.05) is 26.8 Å². The van der Waals surface area contributed by atoms with Crippen LogP contribution in [-0.4, -0.2) is 38.8 Å². The van der Waals surface area contributed by atoms with E-state index in [1.165, 1.54) is 0 Å². The number of amides is 1. The normalized spacial score (nSPS) is 23.4. The van der Waals surface area contributed by atoms with Gasteiger partial charge in [-0.1, -0.05) is 0 Å². The van der Waals surface area contributed by atoms with Crippen LogP contribution in [0.25, 0.3) is 0 Å². The van der Waals surface area contributed by atoms with E-state index in [0.717, 1.165) is 26.2 Å². The van der Waals surface area contributed by atoms with Crippen LogP contribution in [-0.2, 0) is 9.53 Å². The van der Waals surface area contributed by atoms with Gasteiger partial charge >= 0.3 is 0 Å². The molecular formula is C10H20N2O2. The zero-order valence-corrected chi connectivity index (χ0v) is 9.01. The first-order valence-corrected chi connectivity index (χ1v) is 5.25. The van der Waals surface area contributed by atoms with Crippen LogP contribution >= 0.6 is 0 Å². The Kier molecular flexibility index (Phi) is 4.90. The second-order valence-electron chi connectivity index (χ2n) is 3.79. The average Bonchev–Trinajstić information content (AvgIpc) is 2.70. The predicted octanol–water partition coefficient (Wildman–Crippen LogP) is 0.137. The Morgan fingerprint density at radius 1 is 1.64 bits per heavy atom. The predicted molar refractivity (Wildman–Crippen MR) is 55.1 cm³/mol. The number of carbonyl (C=O) groups excluding carboxylic acids is 1. The van der Waals surface area contributed by atoms with E-state index in [-0.39, 0.29) is 5.91 Å². The first-order chi connectivity index (χ1) is 6.74. The number of ether oxygens (including phenoxy) is 1. The lowest BCUT2D eigenvalue weighted by Crippen LogP contribution is -2.36. The molecule has 0 saturated carbocycles. The zero-order valence-electron chi connectivity index (χ0n) is 9.01. The summed E-state index contributed by atoms with van der Waals surface area (Å²) in [4.78, 5) is 10.9. The van der Waals surface area contributed by atoms with Crippen LogP contribution in [0.5, 0.6) is 0 Å². The first-order valence-electron chi connectivity index (χ1n) is 5.25. The quantitative estimate of drug-likeness (QED) is 0.663. The minimum absolute atomic E-state index is 0.0902. The summed E-state index contributed by atoms with van der Waals surface area (Å²) in [6.45, 7) is 4.64. The second kappa shape index (κ2) is 5.98. The monoisotopic (exact) mass is 200 g/mol. The van der Waals surface area contributed by atoms with Gasteiger partial charge in [-0.25, -0.2) is 0 Å². The molecule has 1 saturated heterocycles. The van der Waals surface area contributed by atoms with Crippen molar-refractivity contribution in [3.8, 4) is 0 Å². The summed E-state index contributed by atoms with van der Waals surface area (Å²) in [7, 11) is 1.66. The zero-order chi connectivity index (χ0) is 10.4. The molecule has 1 aliphatic rings. The molecule has 2 atom stereocenters. The van der Waals surface area contributed by atoms with Gasteiger partial charge in [-0.15, -0.1) is 0 Å². The summed E-state index contributed by atoms with van der Waals surface area (Å²) >= 11 is 0. The topological polar surface area (TPSA) is 50.4 Å². The highest BCUT2D eigenvalue weighted by Crippen LogP contribution is 2.15. The van der Waals surface area contributed by atoms with Crippen LogP contribution in [0, 0.1) is 5.92 Å². The first kappa shape index (κ1) is 11.5. The van der Waals surface area contributed by atoms with Gasteiger partial charge in [0.15, 0.2) is 0 Å². The molecule has 1 aliphatic heterocycles. The highest BCUT2D eigenvalue weighted by molar-refractivity contribution is 5.75. The Balaban J connectivity index is 2.08. The maximum Gasteiger partial charge on any atom is 0.221 e. The molecule has 1 heterocycles. The molecule has 4 heteroatoms. The van der Waals surface area contributed by atoms with Crippen molar-refractivity contribution in [1.29, 1.82) is 0 Å². The Hall–Kier alpha value is -0.610. The fourth-order valence-electron chi connectivity index (χ4n) is 1.65. The average molecular weight is 200 g/mol. The summed E-state index contributed by atoms with van der Waals surface area (Å²) in [5.41, 5.74) is 0. The SMILES string of the molecule is CNC(=O)CCNC(C)C1CCOC1. The van der Waals surface area contributed by atoms with Crippen molar-refractivity contribution in [3.63, 3.8) is 0 Å². The van der Waals surface area contributed by atoms with Crippen LogP contribution < -0.4 is 10.6 Å². The number of carbonyl (C=O) groups is 1. The van der Waals surface area contributed by atoms with Gasteiger partial charge in [0, 0.05) is 32.7 Å². The molecule has 0 spiro atoms. The summed E-state index contributed by atoms with van der Waals surface area (Å²) in [6, 6.07) is 0.446. The third kappa shape index (κ3) is 3.64. The Morgan fingerprint density at radius 3 is 3.00 bits per heavy atom. The van der Waals surface area contributed by atoms with E-state index >= 15 is 0 Å². The van der Waals surface area contributed by atoms with Gasteiger partial charge < -0.3 is 15.4 Å². The van der Waals surface area contributed by atoms with Gasteiger partial charge in [-0.2, -0.15) is 0 Å². The molecule has 1 rings (SSSR count). The van der Waals surface area contributed by atoms with Crippen molar-refractivity contribution in [1.82, 2.24) is 10.6 Å². The van der Waals surface area contributed by atoms with Crippen molar-refractivity contribution >= 4 is 5.91 Å².